The van der Waals surface area contributed by atoms with Gasteiger partial charge in [0, 0.05) is 25.1 Å². The van der Waals surface area contributed by atoms with Gasteiger partial charge in [-0.2, -0.15) is 0 Å². The van der Waals surface area contributed by atoms with Crippen molar-refractivity contribution in [2.75, 3.05) is 11.9 Å². The molecule has 3 heterocycles. The lowest BCUT2D eigenvalue weighted by Crippen LogP contribution is -2.30. The molecule has 2 aromatic rings. The highest BCUT2D eigenvalue weighted by atomic mass is 19.1. The van der Waals surface area contributed by atoms with Crippen molar-refractivity contribution < 1.29 is 13.9 Å². The maximum absolute atomic E-state index is 14.3. The van der Waals surface area contributed by atoms with E-state index in [-0.39, 0.29) is 17.7 Å². The molecule has 2 aliphatic rings. The Morgan fingerprint density at radius 2 is 2.19 bits per heavy atom. The van der Waals surface area contributed by atoms with Crippen molar-refractivity contribution in [3.05, 3.63) is 29.8 Å². The molecular formula is C19H24FN5O2. The third-order valence-electron chi connectivity index (χ3n) is 5.25. The largest absolute Gasteiger partial charge is 0.364 e. The standard InChI is InChI=1S/C19H24FN5O2/c20-14-7-5-12(18-24-23-17-4-2-1-3-9-25(17)18)10-15(14)22-19(26)16-8-6-13(11-21)27-16/h5,7,10,13,16H,1-4,6,8-9,11,21H2,(H,22,26)/t13-,16+/m1/s1. The number of amides is 1. The smallest absolute Gasteiger partial charge is 0.253 e. The number of benzene rings is 1. The fourth-order valence-corrected chi connectivity index (χ4v) is 3.74. The summed E-state index contributed by atoms with van der Waals surface area (Å²) in [7, 11) is 0. The second-order valence-electron chi connectivity index (χ2n) is 7.15. The number of aryl methyl sites for hydroxylation is 1. The van der Waals surface area contributed by atoms with Crippen molar-refractivity contribution in [1.82, 2.24) is 14.8 Å². The van der Waals surface area contributed by atoms with E-state index in [1.54, 1.807) is 12.1 Å². The molecule has 0 radical (unpaired) electrons. The first-order chi connectivity index (χ1) is 13.2. The van der Waals surface area contributed by atoms with E-state index in [2.05, 4.69) is 20.1 Å². The molecule has 2 aliphatic heterocycles. The highest BCUT2D eigenvalue weighted by Crippen LogP contribution is 2.27. The summed E-state index contributed by atoms with van der Waals surface area (Å²) in [4.78, 5) is 12.4. The Labute approximate surface area is 157 Å². The second-order valence-corrected chi connectivity index (χ2v) is 7.15. The van der Waals surface area contributed by atoms with Gasteiger partial charge in [-0.25, -0.2) is 4.39 Å². The summed E-state index contributed by atoms with van der Waals surface area (Å²) in [5, 5.41) is 11.2. The van der Waals surface area contributed by atoms with E-state index in [1.807, 2.05) is 0 Å². The zero-order valence-electron chi connectivity index (χ0n) is 15.2. The van der Waals surface area contributed by atoms with Gasteiger partial charge in [-0.15, -0.1) is 10.2 Å². The van der Waals surface area contributed by atoms with Gasteiger partial charge >= 0.3 is 0 Å². The van der Waals surface area contributed by atoms with Crippen LogP contribution in [0.4, 0.5) is 10.1 Å². The summed E-state index contributed by atoms with van der Waals surface area (Å²) in [6.07, 6.45) is 4.88. The molecule has 8 heteroatoms. The normalized spacial score (nSPS) is 22.3. The van der Waals surface area contributed by atoms with E-state index in [9.17, 15) is 9.18 Å². The van der Waals surface area contributed by atoms with Gasteiger partial charge in [-0.05, 0) is 43.9 Å². The SMILES string of the molecule is NC[C@H]1CC[C@@H](C(=O)Nc2cc(-c3nnc4n3CCCCC4)ccc2F)O1. The molecule has 1 saturated heterocycles. The maximum atomic E-state index is 14.3. The van der Waals surface area contributed by atoms with Gasteiger partial charge in [0.1, 0.15) is 17.7 Å². The van der Waals surface area contributed by atoms with Crippen molar-refractivity contribution >= 4 is 11.6 Å². The van der Waals surface area contributed by atoms with Crippen LogP contribution in [0, 0.1) is 5.82 Å². The Hall–Kier alpha value is -2.32. The molecular weight excluding hydrogens is 349 g/mol. The summed E-state index contributed by atoms with van der Waals surface area (Å²) in [5.41, 5.74) is 6.45. The molecule has 0 unspecified atom stereocenters. The Morgan fingerprint density at radius 1 is 1.30 bits per heavy atom. The zero-order chi connectivity index (χ0) is 18.8. The van der Waals surface area contributed by atoms with Crippen LogP contribution in [0.3, 0.4) is 0 Å². The summed E-state index contributed by atoms with van der Waals surface area (Å²) < 4.78 is 22.0. The summed E-state index contributed by atoms with van der Waals surface area (Å²) in [6, 6.07) is 4.63. The van der Waals surface area contributed by atoms with Gasteiger partial charge in [0.25, 0.3) is 5.91 Å². The van der Waals surface area contributed by atoms with E-state index in [4.69, 9.17) is 10.5 Å². The Bertz CT molecular complexity index is 838. The molecule has 0 spiro atoms. The summed E-state index contributed by atoms with van der Waals surface area (Å²) in [6.45, 7) is 1.23. The highest BCUT2D eigenvalue weighted by molar-refractivity contribution is 5.95. The number of carbonyl (C=O) groups is 1. The van der Waals surface area contributed by atoms with Crippen LogP contribution in [-0.4, -0.2) is 39.4 Å². The second kappa shape index (κ2) is 7.74. The molecule has 144 valence electrons. The molecule has 3 N–H and O–H groups in total. The number of hydrogen-bond acceptors (Lipinski definition) is 5. The number of ether oxygens (including phenoxy) is 1. The molecule has 1 aromatic heterocycles. The van der Waals surface area contributed by atoms with E-state index in [0.717, 1.165) is 43.6 Å². The third kappa shape index (κ3) is 3.72. The van der Waals surface area contributed by atoms with Crippen molar-refractivity contribution in [3.63, 3.8) is 0 Å². The average molecular weight is 373 g/mol. The number of carbonyl (C=O) groups excluding carboxylic acids is 1. The lowest BCUT2D eigenvalue weighted by Gasteiger charge is -2.14. The van der Waals surface area contributed by atoms with Gasteiger partial charge in [0.2, 0.25) is 0 Å². The van der Waals surface area contributed by atoms with E-state index < -0.39 is 11.9 Å². The number of aromatic nitrogens is 3. The average Bonchev–Trinajstić information content (AvgIpc) is 3.25. The van der Waals surface area contributed by atoms with Crippen LogP contribution in [0.15, 0.2) is 18.2 Å². The van der Waals surface area contributed by atoms with Crippen molar-refractivity contribution in [2.45, 2.75) is 57.3 Å². The van der Waals surface area contributed by atoms with Crippen LogP contribution < -0.4 is 11.1 Å². The van der Waals surface area contributed by atoms with Crippen molar-refractivity contribution in [2.24, 2.45) is 5.73 Å². The zero-order valence-corrected chi connectivity index (χ0v) is 15.2. The fraction of sp³-hybridized carbons (Fsp3) is 0.526. The number of halogens is 1. The number of rotatable bonds is 4. The number of nitrogens with zero attached hydrogens (tertiary/aromatic N) is 3. The van der Waals surface area contributed by atoms with E-state index in [1.165, 1.54) is 12.5 Å². The predicted molar refractivity (Wildman–Crippen MR) is 98.6 cm³/mol. The quantitative estimate of drug-likeness (QED) is 0.857. The van der Waals surface area contributed by atoms with Gasteiger partial charge in [0.05, 0.1) is 11.8 Å². The topological polar surface area (TPSA) is 95.1 Å². The molecule has 4 rings (SSSR count). The lowest BCUT2D eigenvalue weighted by atomic mass is 10.1. The number of fused-ring (bicyclic) bond motifs is 1. The first-order valence-corrected chi connectivity index (χ1v) is 9.54. The first kappa shape index (κ1) is 18.1. The predicted octanol–water partition coefficient (Wildman–Crippen LogP) is 2.26. The molecule has 1 aromatic carbocycles. The lowest BCUT2D eigenvalue weighted by molar-refractivity contribution is -0.126. The monoisotopic (exact) mass is 373 g/mol. The Morgan fingerprint density at radius 3 is 3.00 bits per heavy atom. The number of nitrogens with two attached hydrogens (primary N) is 1. The van der Waals surface area contributed by atoms with Crippen LogP contribution in [0.25, 0.3) is 11.4 Å². The number of anilines is 1. The van der Waals surface area contributed by atoms with Gasteiger partial charge in [-0.1, -0.05) is 6.42 Å². The van der Waals surface area contributed by atoms with Crippen LogP contribution in [-0.2, 0) is 22.5 Å². The molecule has 0 aliphatic carbocycles. The molecule has 0 bridgehead atoms. The molecule has 7 nitrogen and oxygen atoms in total. The van der Waals surface area contributed by atoms with Crippen molar-refractivity contribution in [3.8, 4) is 11.4 Å². The third-order valence-corrected chi connectivity index (χ3v) is 5.25. The minimum absolute atomic E-state index is 0.108. The van der Waals surface area contributed by atoms with Gasteiger partial charge < -0.3 is 20.4 Å². The molecule has 0 saturated carbocycles. The Balaban J connectivity index is 1.56. The molecule has 2 atom stereocenters. The molecule has 1 fully saturated rings. The van der Waals surface area contributed by atoms with Crippen LogP contribution in [0.5, 0.6) is 0 Å². The maximum Gasteiger partial charge on any atom is 0.253 e. The Kier molecular flexibility index (Phi) is 5.18. The van der Waals surface area contributed by atoms with Gasteiger partial charge in [-0.3, -0.25) is 4.79 Å². The number of hydrogen-bond donors (Lipinski definition) is 2. The minimum Gasteiger partial charge on any atom is -0.364 e. The van der Waals surface area contributed by atoms with Crippen molar-refractivity contribution in [1.29, 1.82) is 0 Å². The first-order valence-electron chi connectivity index (χ1n) is 9.54. The summed E-state index contributed by atoms with van der Waals surface area (Å²) >= 11 is 0. The molecule has 1 amide bonds. The minimum atomic E-state index is -0.592. The van der Waals surface area contributed by atoms with E-state index in [0.29, 0.717) is 18.8 Å². The van der Waals surface area contributed by atoms with E-state index >= 15 is 0 Å². The van der Waals surface area contributed by atoms with Gasteiger partial charge in [0.15, 0.2) is 5.82 Å². The number of nitrogens with one attached hydrogen (secondary N) is 1. The molecule has 27 heavy (non-hydrogen) atoms. The van der Waals surface area contributed by atoms with Crippen LogP contribution in [0.2, 0.25) is 0 Å². The summed E-state index contributed by atoms with van der Waals surface area (Å²) in [5.74, 6) is 0.838. The van der Waals surface area contributed by atoms with Crippen LogP contribution in [0.1, 0.15) is 37.9 Å². The fourth-order valence-electron chi connectivity index (χ4n) is 3.74. The highest BCUT2D eigenvalue weighted by Gasteiger charge is 2.30. The van der Waals surface area contributed by atoms with Crippen LogP contribution >= 0.6 is 0 Å².